The van der Waals surface area contributed by atoms with Crippen LogP contribution in [0, 0.1) is 0 Å². The molecule has 36 heavy (non-hydrogen) atoms. The van der Waals surface area contributed by atoms with Gasteiger partial charge in [0.05, 0.1) is 41.8 Å². The second kappa shape index (κ2) is 9.92. The average molecular weight is 497 g/mol. The zero-order chi connectivity index (χ0) is 26.1. The zero-order valence-electron chi connectivity index (χ0n) is 22.2. The molecule has 4 rings (SSSR count). The van der Waals surface area contributed by atoms with Crippen molar-refractivity contribution < 1.29 is 14.6 Å². The van der Waals surface area contributed by atoms with Gasteiger partial charge < -0.3 is 15.6 Å². The molecule has 2 saturated carbocycles. The van der Waals surface area contributed by atoms with Gasteiger partial charge in [-0.2, -0.15) is 0 Å². The van der Waals surface area contributed by atoms with Gasteiger partial charge in [0.25, 0.3) is 0 Å². The van der Waals surface area contributed by atoms with Crippen molar-refractivity contribution in [1.29, 1.82) is 0 Å². The Bertz CT molecular complexity index is 1030. The molecule has 0 unspecified atom stereocenters. The first-order chi connectivity index (χ1) is 16.9. The Kier molecular flexibility index (Phi) is 7.23. The molecule has 2 fully saturated rings. The minimum absolute atomic E-state index is 0.279. The van der Waals surface area contributed by atoms with Gasteiger partial charge in [0.2, 0.25) is 0 Å². The Morgan fingerprint density at radius 3 is 1.92 bits per heavy atom. The highest BCUT2D eigenvalue weighted by Crippen LogP contribution is 2.40. The topological polar surface area (TPSA) is 127 Å². The van der Waals surface area contributed by atoms with E-state index in [1.807, 2.05) is 34.6 Å². The van der Waals surface area contributed by atoms with Gasteiger partial charge in [-0.05, 0) is 86.0 Å². The number of hydrogen-bond donors (Lipinski definition) is 2. The molecule has 0 aromatic carbocycles. The molecule has 0 saturated heterocycles. The molecule has 0 radical (unpaired) electrons. The van der Waals surface area contributed by atoms with Crippen molar-refractivity contribution in [3.8, 4) is 0 Å². The summed E-state index contributed by atoms with van der Waals surface area (Å²) in [5, 5.41) is 10.2. The van der Waals surface area contributed by atoms with Crippen molar-refractivity contribution in [2.24, 2.45) is 0 Å². The highest BCUT2D eigenvalue weighted by molar-refractivity contribution is 5.88. The van der Waals surface area contributed by atoms with E-state index < -0.39 is 22.8 Å². The van der Waals surface area contributed by atoms with Crippen molar-refractivity contribution in [3.63, 3.8) is 0 Å². The van der Waals surface area contributed by atoms with Crippen LogP contribution in [0.5, 0.6) is 0 Å². The van der Waals surface area contributed by atoms with Crippen LogP contribution >= 0.6 is 0 Å². The van der Waals surface area contributed by atoms with Gasteiger partial charge in [-0.15, -0.1) is 0 Å². The number of amides is 1. The Labute approximate surface area is 213 Å². The molecular weight excluding hydrogens is 456 g/mol. The van der Waals surface area contributed by atoms with E-state index in [1.54, 1.807) is 29.7 Å². The largest absolute Gasteiger partial charge is 0.443 e. The SMILES string of the molecule is CC1(O)CCC(c2cnc(N(C(=O)OC3(C)CCC(c4cnc(N)cn4)CC3)C(C)(C)C)cn2)CC1. The first-order valence-electron chi connectivity index (χ1n) is 13.0. The first kappa shape index (κ1) is 26.3. The predicted molar refractivity (Wildman–Crippen MR) is 139 cm³/mol. The smallest absolute Gasteiger partial charge is 0.416 e. The molecule has 0 atom stereocenters. The van der Waals surface area contributed by atoms with Gasteiger partial charge >= 0.3 is 6.09 Å². The Balaban J connectivity index is 1.42. The molecule has 2 heterocycles. The van der Waals surface area contributed by atoms with Crippen LogP contribution in [0.1, 0.15) is 109 Å². The molecular formula is C27H40N6O3. The number of aliphatic hydroxyl groups is 1. The van der Waals surface area contributed by atoms with Crippen molar-refractivity contribution in [2.45, 2.75) is 115 Å². The maximum Gasteiger partial charge on any atom is 0.416 e. The summed E-state index contributed by atoms with van der Waals surface area (Å²) in [5.41, 5.74) is 5.82. The van der Waals surface area contributed by atoms with E-state index in [0.29, 0.717) is 11.6 Å². The zero-order valence-corrected chi connectivity index (χ0v) is 22.2. The van der Waals surface area contributed by atoms with Crippen LogP contribution in [0.15, 0.2) is 24.8 Å². The normalized spacial score (nSPS) is 28.9. The van der Waals surface area contributed by atoms with Crippen LogP contribution in [-0.2, 0) is 4.74 Å². The molecule has 2 aromatic heterocycles. The number of nitrogens with zero attached hydrogens (tertiary/aromatic N) is 5. The fraction of sp³-hybridized carbons (Fsp3) is 0.667. The lowest BCUT2D eigenvalue weighted by Crippen LogP contribution is -2.50. The molecule has 2 aliphatic rings. The number of anilines is 2. The van der Waals surface area contributed by atoms with Crippen molar-refractivity contribution in [2.75, 3.05) is 10.6 Å². The standard InChI is InChI=1S/C27H40N6O3/c1-25(2,3)33(23-17-30-21(15-32-23)18-6-10-26(4,35)11-7-18)24(34)36-27(5)12-8-19(9-13-27)20-14-31-22(28)16-29-20/h14-19,35H,6-13H2,1-5H3,(H2,28,31). The molecule has 2 aromatic rings. The minimum Gasteiger partial charge on any atom is -0.443 e. The number of carbonyl (C=O) groups excluding carboxylic acids is 1. The average Bonchev–Trinajstić information content (AvgIpc) is 2.80. The van der Waals surface area contributed by atoms with E-state index in [9.17, 15) is 9.90 Å². The Morgan fingerprint density at radius 1 is 0.917 bits per heavy atom. The predicted octanol–water partition coefficient (Wildman–Crippen LogP) is 5.12. The summed E-state index contributed by atoms with van der Waals surface area (Å²) in [6.45, 7) is 9.79. The van der Waals surface area contributed by atoms with Gasteiger partial charge in [-0.1, -0.05) is 0 Å². The summed E-state index contributed by atoms with van der Waals surface area (Å²) < 4.78 is 6.13. The fourth-order valence-electron chi connectivity index (χ4n) is 5.35. The molecule has 196 valence electrons. The summed E-state index contributed by atoms with van der Waals surface area (Å²) in [7, 11) is 0. The van der Waals surface area contributed by atoms with Gasteiger partial charge in [0.1, 0.15) is 11.4 Å². The monoisotopic (exact) mass is 496 g/mol. The number of hydrogen-bond acceptors (Lipinski definition) is 8. The lowest BCUT2D eigenvalue weighted by Gasteiger charge is -2.40. The summed E-state index contributed by atoms with van der Waals surface area (Å²) in [6, 6.07) is 0. The summed E-state index contributed by atoms with van der Waals surface area (Å²) >= 11 is 0. The second-order valence-electron chi connectivity index (χ2n) is 12.0. The minimum atomic E-state index is -0.589. The Hall–Kier alpha value is -2.81. The maximum atomic E-state index is 13.5. The third-order valence-electron chi connectivity index (χ3n) is 7.71. The van der Waals surface area contributed by atoms with Crippen LogP contribution < -0.4 is 10.6 Å². The van der Waals surface area contributed by atoms with Crippen molar-refractivity contribution in [3.05, 3.63) is 36.2 Å². The number of nitrogen functional groups attached to an aromatic ring is 1. The first-order valence-corrected chi connectivity index (χ1v) is 13.0. The third-order valence-corrected chi connectivity index (χ3v) is 7.71. The molecule has 0 aliphatic heterocycles. The fourth-order valence-corrected chi connectivity index (χ4v) is 5.35. The van der Waals surface area contributed by atoms with E-state index in [1.165, 1.54) is 0 Å². The summed E-state index contributed by atoms with van der Waals surface area (Å²) in [5.74, 6) is 1.46. The highest BCUT2D eigenvalue weighted by Gasteiger charge is 2.40. The highest BCUT2D eigenvalue weighted by atomic mass is 16.6. The lowest BCUT2D eigenvalue weighted by molar-refractivity contribution is -0.00442. The van der Waals surface area contributed by atoms with Gasteiger partial charge in [-0.25, -0.2) is 14.8 Å². The number of aromatic nitrogens is 4. The Morgan fingerprint density at radius 2 is 1.44 bits per heavy atom. The van der Waals surface area contributed by atoms with Crippen LogP contribution in [0.2, 0.25) is 0 Å². The van der Waals surface area contributed by atoms with Crippen LogP contribution in [0.4, 0.5) is 16.4 Å². The van der Waals surface area contributed by atoms with Crippen LogP contribution in [-0.4, -0.2) is 47.9 Å². The third kappa shape index (κ3) is 6.11. The number of ether oxygens (including phenoxy) is 1. The maximum absolute atomic E-state index is 13.5. The van der Waals surface area contributed by atoms with Crippen LogP contribution in [0.25, 0.3) is 0 Å². The summed E-state index contributed by atoms with van der Waals surface area (Å²) in [4.78, 5) is 33.0. The number of rotatable bonds is 4. The van der Waals surface area contributed by atoms with E-state index >= 15 is 0 Å². The van der Waals surface area contributed by atoms with Gasteiger partial charge in [0, 0.05) is 17.4 Å². The molecule has 0 spiro atoms. The van der Waals surface area contributed by atoms with Crippen molar-refractivity contribution in [1.82, 2.24) is 19.9 Å². The molecule has 1 amide bonds. The quantitative estimate of drug-likeness (QED) is 0.597. The molecule has 9 heteroatoms. The number of carbonyl (C=O) groups is 1. The van der Waals surface area contributed by atoms with E-state index in [2.05, 4.69) is 19.9 Å². The summed E-state index contributed by atoms with van der Waals surface area (Å²) in [6.07, 6.45) is 12.8. The van der Waals surface area contributed by atoms with Crippen LogP contribution in [0.3, 0.4) is 0 Å². The van der Waals surface area contributed by atoms with Crippen molar-refractivity contribution >= 4 is 17.7 Å². The van der Waals surface area contributed by atoms with E-state index in [-0.39, 0.29) is 11.8 Å². The second-order valence-corrected chi connectivity index (χ2v) is 12.0. The molecule has 3 N–H and O–H groups in total. The molecule has 9 nitrogen and oxygen atoms in total. The van der Waals surface area contributed by atoms with Gasteiger partial charge in [-0.3, -0.25) is 14.9 Å². The van der Waals surface area contributed by atoms with E-state index in [4.69, 9.17) is 10.5 Å². The molecule has 0 bridgehead atoms. The molecule has 2 aliphatic carbocycles. The number of nitrogens with two attached hydrogens (primary N) is 1. The van der Waals surface area contributed by atoms with Gasteiger partial charge in [0.15, 0.2) is 5.82 Å². The van der Waals surface area contributed by atoms with E-state index in [0.717, 1.165) is 62.8 Å². The lowest BCUT2D eigenvalue weighted by atomic mass is 9.78.